The van der Waals surface area contributed by atoms with E-state index in [0.29, 0.717) is 72.5 Å². The van der Waals surface area contributed by atoms with E-state index >= 15 is 57.5 Å². The van der Waals surface area contributed by atoms with Crippen LogP contribution in [0.3, 0.4) is 0 Å². The van der Waals surface area contributed by atoms with Gasteiger partial charge in [-0.1, -0.05) is 90.2 Å². The van der Waals surface area contributed by atoms with Gasteiger partial charge in [-0.25, -0.2) is 4.79 Å². The summed E-state index contributed by atoms with van der Waals surface area (Å²) >= 11 is 0. The number of primary amides is 1. The summed E-state index contributed by atoms with van der Waals surface area (Å²) in [5.41, 5.74) is 48.1. The van der Waals surface area contributed by atoms with Crippen LogP contribution in [-0.4, -0.2) is 249 Å². The van der Waals surface area contributed by atoms with Gasteiger partial charge in [0.25, 0.3) is 0 Å². The van der Waals surface area contributed by atoms with E-state index < -0.39 is 246 Å². The highest BCUT2D eigenvalue weighted by molar-refractivity contribution is 8.76. The minimum absolute atomic E-state index is 0.0102. The summed E-state index contributed by atoms with van der Waals surface area (Å²) in [6, 6.07) is 7.76. The molecule has 0 bridgehead atoms. The number of carboxylic acid groups (broad SMARTS) is 1. The summed E-state index contributed by atoms with van der Waals surface area (Å²) in [6.45, 7) is 2.37. The zero-order valence-corrected chi connectivity index (χ0v) is 82.6. The van der Waals surface area contributed by atoms with Crippen molar-refractivity contribution in [2.45, 2.75) is 248 Å². The number of fused-ring (bicyclic) bond motifs is 2. The number of hydrogen-bond donors (Lipinski definition) is 28. The third-order valence-corrected chi connectivity index (χ3v) is 27.8. The number of Topliss-reactive ketones (excluding diaryl/α,β-unsaturated/α-hetero) is 7. The van der Waals surface area contributed by atoms with Crippen LogP contribution in [0.15, 0.2) is 79.0 Å². The minimum Gasteiger partial charge on any atom is -0.508 e. The van der Waals surface area contributed by atoms with E-state index in [1.54, 1.807) is 30.5 Å². The van der Waals surface area contributed by atoms with E-state index in [1.807, 2.05) is 6.92 Å². The van der Waals surface area contributed by atoms with Crippen molar-refractivity contribution >= 4 is 150 Å². The largest absolute Gasteiger partial charge is 0.508 e. The Morgan fingerprint density at radius 2 is 0.958 bits per heavy atom. The van der Waals surface area contributed by atoms with Gasteiger partial charge in [0.15, 0.2) is 64.5 Å². The van der Waals surface area contributed by atoms with Gasteiger partial charge in [0.2, 0.25) is 35.4 Å². The van der Waals surface area contributed by atoms with Crippen molar-refractivity contribution in [3.8, 4) is 11.5 Å². The predicted octanol–water partition coefficient (Wildman–Crippen LogP) is 2.33. The molecule has 2 aliphatic rings. The number of ketones is 7. The molecular weight excluding hydrogens is 1870 g/mol. The Morgan fingerprint density at radius 1 is 0.493 bits per heavy atom. The van der Waals surface area contributed by atoms with Crippen molar-refractivity contribution in [2.24, 2.45) is 87.3 Å². The highest BCUT2D eigenvalue weighted by atomic mass is 33.1. The molecule has 0 saturated carbocycles. The molecular formula is C96H148N26O18S2. The molecule has 4 aromatic rings. The van der Waals surface area contributed by atoms with E-state index in [-0.39, 0.29) is 185 Å². The molecule has 782 valence electrons. The zero-order valence-electron chi connectivity index (χ0n) is 80.9. The Hall–Kier alpha value is -13.0. The zero-order chi connectivity index (χ0) is 104. The number of carbonyl (C=O) groups is 15. The summed E-state index contributed by atoms with van der Waals surface area (Å²) in [5.74, 6) is -23.5. The van der Waals surface area contributed by atoms with Gasteiger partial charge in [-0.2, -0.15) is 0 Å². The van der Waals surface area contributed by atoms with Gasteiger partial charge in [-0.3, -0.25) is 94.2 Å². The van der Waals surface area contributed by atoms with Gasteiger partial charge >= 0.3 is 12.0 Å². The fourth-order valence-electron chi connectivity index (χ4n) is 17.4. The van der Waals surface area contributed by atoms with Crippen LogP contribution in [0.2, 0.25) is 0 Å². The number of aromatic amines is 1. The molecule has 14 atom stereocenters. The normalized spacial score (nSPS) is 20.6. The van der Waals surface area contributed by atoms with Crippen molar-refractivity contribution in [1.29, 1.82) is 27.0 Å². The summed E-state index contributed by atoms with van der Waals surface area (Å²) in [7, 11) is 1.75. The Bertz CT molecular complexity index is 4910. The number of aliphatic carboxylic acids is 1. The molecule has 3 aromatic carbocycles. The quantitative estimate of drug-likeness (QED) is 0.0131. The maximum absolute atomic E-state index is 16.1. The first-order valence-corrected chi connectivity index (χ1v) is 51.2. The molecule has 6 rings (SSSR count). The Balaban J connectivity index is 1.61. The highest BCUT2D eigenvalue weighted by Crippen LogP contribution is 2.33. The number of para-hydroxylation sites is 1. The number of guanidine groups is 5. The van der Waals surface area contributed by atoms with Crippen molar-refractivity contribution in [2.75, 3.05) is 63.9 Å². The van der Waals surface area contributed by atoms with E-state index in [1.165, 1.54) is 53.4 Å². The smallest absolute Gasteiger partial charge is 0.312 e. The minimum atomic E-state index is -1.67. The van der Waals surface area contributed by atoms with Crippen LogP contribution in [-0.2, 0) is 86.4 Å². The van der Waals surface area contributed by atoms with E-state index in [4.69, 9.17) is 72.9 Å². The number of benzene rings is 3. The number of aromatic hydroxyl groups is 2. The van der Waals surface area contributed by atoms with E-state index in [9.17, 15) is 29.7 Å². The molecule has 3 heterocycles. The summed E-state index contributed by atoms with van der Waals surface area (Å²) in [5, 5.41) is 101. The number of phenols is 2. The molecule has 44 nitrogen and oxygen atoms in total. The average molecular weight is 2020 g/mol. The van der Waals surface area contributed by atoms with Gasteiger partial charge in [-0.15, -0.1) is 0 Å². The topological polar surface area (TPSA) is 796 Å². The number of urea groups is 1. The Labute approximate surface area is 835 Å². The van der Waals surface area contributed by atoms with E-state index in [0.717, 1.165) is 21.6 Å². The van der Waals surface area contributed by atoms with Gasteiger partial charge in [0.1, 0.15) is 17.3 Å². The monoisotopic (exact) mass is 2020 g/mol. The lowest BCUT2D eigenvalue weighted by atomic mass is 9.87. The molecule has 2 fully saturated rings. The van der Waals surface area contributed by atoms with Gasteiger partial charge < -0.3 is 130 Å². The number of rotatable bonds is 50. The number of carboxylic acids is 1. The van der Waals surface area contributed by atoms with E-state index in [2.05, 4.69) is 63.5 Å². The molecule has 2 saturated heterocycles. The van der Waals surface area contributed by atoms with Crippen LogP contribution in [0.4, 0.5) is 4.79 Å². The lowest BCUT2D eigenvalue weighted by Gasteiger charge is -2.30. The first-order valence-electron chi connectivity index (χ1n) is 48.7. The maximum Gasteiger partial charge on any atom is 0.312 e. The molecule has 0 radical (unpaired) electrons. The number of amides is 8. The Kier molecular flexibility index (Phi) is 52.3. The second-order valence-electron chi connectivity index (χ2n) is 36.5. The molecule has 46 heteroatoms. The number of aromatic nitrogens is 1. The average Bonchev–Trinajstić information content (AvgIpc) is 1.75. The molecule has 0 unspecified atom stereocenters. The second-order valence-corrected chi connectivity index (χ2v) is 39.1. The highest BCUT2D eigenvalue weighted by Gasteiger charge is 2.43. The van der Waals surface area contributed by atoms with Crippen molar-refractivity contribution in [3.05, 3.63) is 95.7 Å². The summed E-state index contributed by atoms with van der Waals surface area (Å²) in [4.78, 5) is 231. The lowest BCUT2D eigenvalue weighted by molar-refractivity contribution is -0.144. The second kappa shape index (κ2) is 63.0. The van der Waals surface area contributed by atoms with Crippen LogP contribution in [0, 0.1) is 68.5 Å². The van der Waals surface area contributed by atoms with Crippen LogP contribution in [0.5, 0.6) is 11.5 Å². The van der Waals surface area contributed by atoms with Crippen LogP contribution >= 0.6 is 21.6 Å². The number of nitrogens with one attached hydrogen (secondary N) is 17. The van der Waals surface area contributed by atoms with Crippen LogP contribution in [0.25, 0.3) is 10.9 Å². The molecule has 142 heavy (non-hydrogen) atoms. The fourth-order valence-corrected chi connectivity index (χ4v) is 19.9. The Morgan fingerprint density at radius 3 is 1.51 bits per heavy atom. The van der Waals surface area contributed by atoms with Crippen molar-refractivity contribution in [1.82, 2.24) is 68.4 Å². The third-order valence-electron chi connectivity index (χ3n) is 25.3. The number of hydrogen-bond acceptors (Lipinski definition) is 26. The molecule has 0 spiro atoms. The lowest BCUT2D eigenvalue weighted by Crippen LogP contribution is -2.50. The number of phenolic OH excluding ortho intramolecular Hbond substituents is 2. The fraction of sp³-hybridized carbons (Fsp3) is 0.583. The molecule has 36 N–H and O–H groups in total. The maximum atomic E-state index is 16.1. The number of nitrogens with zero attached hydrogens (tertiary/aromatic N) is 1. The SMILES string of the molecule is CCCCC[C@H]1CC(=O)[C@H](CCCCN)NC(=O)[C@H](CCCNC(=N)N)CC(=O)[C@H](Cc2ccc(O)cc2)NC(=O)[C@@H](CC(=O)[C@H](Cc2c[nH]c3ccccc23)NC(=O)[C@H](CCCNC(=N)N)CC(=O)[C@@H](N)CCCNC(=N)N)CSSC[C@@H](C(=O)C[C@@H](CCCNC(=N)N)C(=O)O)NC(=O)[C@H](CCCNC(N)=O)CC(=O)[C@H](CCCNC(=N)N)NC(=O)[C@H](Cc2ccc(O)cc2)CC(=O)[C@H]2CCCN2C1=O. The first kappa shape index (κ1) is 118. The number of H-pyrrole nitrogens is 1. The summed E-state index contributed by atoms with van der Waals surface area (Å²) in [6.07, 6.45) is -0.137. The number of unbranched alkanes of at least 4 members (excludes halogenated alkanes) is 3. The number of nitrogens with two attached hydrogens (primary N) is 8. The number of carbonyl (C=O) groups excluding carboxylic acids is 14. The van der Waals surface area contributed by atoms with Crippen molar-refractivity contribution < 1.29 is 87.2 Å². The molecule has 0 aliphatic carbocycles. The van der Waals surface area contributed by atoms with Gasteiger partial charge in [-0.05, 0) is 182 Å². The van der Waals surface area contributed by atoms with Crippen LogP contribution in [0.1, 0.15) is 203 Å². The first-order chi connectivity index (χ1) is 67.7. The third kappa shape index (κ3) is 43.2. The van der Waals surface area contributed by atoms with Crippen molar-refractivity contribution in [3.63, 3.8) is 0 Å². The van der Waals surface area contributed by atoms with Gasteiger partial charge in [0.05, 0.1) is 54.1 Å². The predicted molar refractivity (Wildman–Crippen MR) is 542 cm³/mol. The molecule has 8 amide bonds. The standard InChI is InChI=1S/C96H148N26O18S2/c1-2-3-4-16-61-49-79(127)71(24-7-8-35-97)117-84(132)60(18-10-37-111-92(101)102)48-80(128)73(44-57-29-33-67(124)34-30-57)119-88(136)65(52-81(129)74(45-64-53-116-70-23-6-5-21-68(64)70)120-85(133)58(17-9-36-110-91(99)100)46-77(125)69(98)22-13-39-113-94(105)106)54-141-142-55-75(82(130)50-62(90(138)139)20-12-38-112-93(103)104)121-86(134)59(19-11-41-115-96(109)140)47-78(126)72(25-14-40-114-95(107)108)118-87(135)63(43-56-27-31-66(123)32-28-56)51-83(131)76-26-15-42-122(76)89(61)137/h5-6,21,23,27-34,53,58-63,65,69,71-76,116,123-124H,2-4,7-20,22,24-26,35-52,54-55,97-98H2,1H3,(H,117,132)(H,118,135)(H,119,136)(H,120,133)(H,121,134)(H,138,139)(H4,99,100,110)(H4,101,102,111)(H4,103,104,112)(H4,105,106,113)(H4,107,108,114)(H3,109,115,140)/t58-,59-,60-,61+,62-,63-,65+,69+,71+,72+,73+,74+,75+,76-/m1/s1. The molecule has 2 aliphatic heterocycles. The van der Waals surface area contributed by atoms with Crippen LogP contribution < -0.4 is 104 Å². The molecule has 1 aromatic heterocycles. The summed E-state index contributed by atoms with van der Waals surface area (Å²) < 4.78 is 0. The van der Waals surface area contributed by atoms with Gasteiger partial charge in [0, 0.05) is 155 Å².